The molecule has 0 saturated carbocycles. The smallest absolute Gasteiger partial charge is 0.103 e. The van der Waals surface area contributed by atoms with Crippen LogP contribution in [0.4, 0.5) is 5.69 Å². The molecule has 0 spiro atoms. The van der Waals surface area contributed by atoms with Gasteiger partial charge in [-0.25, -0.2) is 0 Å². The summed E-state index contributed by atoms with van der Waals surface area (Å²) in [7, 11) is 0. The molecule has 1 atom stereocenters. The summed E-state index contributed by atoms with van der Waals surface area (Å²) in [6, 6.07) is 10.7. The van der Waals surface area contributed by atoms with Gasteiger partial charge in [-0.2, -0.15) is 0 Å². The fourth-order valence-electron chi connectivity index (χ4n) is 1.89. The van der Waals surface area contributed by atoms with Crippen LogP contribution >= 0.6 is 15.9 Å². The predicted octanol–water partition coefficient (Wildman–Crippen LogP) is 4.78. The number of halogens is 1. The highest BCUT2D eigenvalue weighted by atomic mass is 79.9. The van der Waals surface area contributed by atoms with E-state index < -0.39 is 0 Å². The van der Waals surface area contributed by atoms with E-state index in [1.165, 1.54) is 5.56 Å². The Labute approximate surface area is 117 Å². The summed E-state index contributed by atoms with van der Waals surface area (Å²) in [5.74, 6) is 1.05. The number of rotatable bonds is 5. The largest absolute Gasteiger partial charge is 0.469 e. The van der Waals surface area contributed by atoms with Crippen LogP contribution in [0.15, 0.2) is 45.5 Å². The van der Waals surface area contributed by atoms with Gasteiger partial charge in [0.15, 0.2) is 0 Å². The van der Waals surface area contributed by atoms with Crippen LogP contribution in [-0.2, 0) is 6.42 Å². The first kappa shape index (κ1) is 13.2. The van der Waals surface area contributed by atoms with E-state index in [0.717, 1.165) is 28.8 Å². The van der Waals surface area contributed by atoms with E-state index in [1.807, 2.05) is 12.1 Å². The number of benzene rings is 1. The highest BCUT2D eigenvalue weighted by Crippen LogP contribution is 2.24. The first-order chi connectivity index (χ1) is 8.65. The molecule has 2 aromatic rings. The van der Waals surface area contributed by atoms with Crippen LogP contribution in [0.1, 0.15) is 24.7 Å². The molecule has 1 unspecified atom stereocenters. The van der Waals surface area contributed by atoms with Gasteiger partial charge in [-0.15, -0.1) is 0 Å². The van der Waals surface area contributed by atoms with Gasteiger partial charge < -0.3 is 9.73 Å². The van der Waals surface area contributed by atoms with E-state index in [2.05, 4.69) is 53.3 Å². The molecule has 0 radical (unpaired) electrons. The zero-order valence-electron chi connectivity index (χ0n) is 10.7. The molecule has 2 rings (SSSR count). The fourth-order valence-corrected chi connectivity index (χ4v) is 2.50. The molecule has 1 aromatic carbocycles. The van der Waals surface area contributed by atoms with E-state index >= 15 is 0 Å². The Morgan fingerprint density at radius 1 is 1.33 bits per heavy atom. The third-order valence-corrected chi connectivity index (χ3v) is 3.59. The lowest BCUT2D eigenvalue weighted by molar-refractivity contribution is 0.495. The number of anilines is 1. The number of hydrogen-bond acceptors (Lipinski definition) is 2. The lowest BCUT2D eigenvalue weighted by Gasteiger charge is -2.16. The third-order valence-electron chi connectivity index (χ3n) is 2.93. The third kappa shape index (κ3) is 3.64. The van der Waals surface area contributed by atoms with Crippen LogP contribution in [0.3, 0.4) is 0 Å². The Kier molecular flexibility index (Phi) is 4.48. The van der Waals surface area contributed by atoms with E-state index in [0.29, 0.717) is 6.04 Å². The van der Waals surface area contributed by atoms with E-state index in [1.54, 1.807) is 6.26 Å². The zero-order valence-corrected chi connectivity index (χ0v) is 12.3. The molecule has 96 valence electrons. The van der Waals surface area contributed by atoms with E-state index in [-0.39, 0.29) is 0 Å². The molecular weight excluding hydrogens is 290 g/mol. The molecule has 1 heterocycles. The molecule has 0 bridgehead atoms. The zero-order chi connectivity index (χ0) is 13.0. The molecule has 1 aromatic heterocycles. The Balaban J connectivity index is 1.88. The van der Waals surface area contributed by atoms with Crippen LogP contribution in [0.5, 0.6) is 0 Å². The summed E-state index contributed by atoms with van der Waals surface area (Å²) >= 11 is 3.58. The van der Waals surface area contributed by atoms with Crippen molar-refractivity contribution in [2.24, 2.45) is 0 Å². The SMILES string of the molecule is Cc1ccc(NC(C)CCc2ccco2)c(Br)c1. The van der Waals surface area contributed by atoms with E-state index in [4.69, 9.17) is 4.42 Å². The molecule has 18 heavy (non-hydrogen) atoms. The summed E-state index contributed by atoms with van der Waals surface area (Å²) < 4.78 is 6.45. The van der Waals surface area contributed by atoms with Gasteiger partial charge >= 0.3 is 0 Å². The minimum Gasteiger partial charge on any atom is -0.469 e. The fraction of sp³-hybridized carbons (Fsp3) is 0.333. The van der Waals surface area contributed by atoms with Crippen molar-refractivity contribution >= 4 is 21.6 Å². The number of nitrogens with one attached hydrogen (secondary N) is 1. The summed E-state index contributed by atoms with van der Waals surface area (Å²) in [5.41, 5.74) is 2.41. The van der Waals surface area contributed by atoms with Gasteiger partial charge in [0.25, 0.3) is 0 Å². The Bertz CT molecular complexity index is 493. The van der Waals surface area contributed by atoms with Crippen molar-refractivity contribution in [1.82, 2.24) is 0 Å². The minimum atomic E-state index is 0.411. The lowest BCUT2D eigenvalue weighted by Crippen LogP contribution is -2.16. The second kappa shape index (κ2) is 6.10. The molecule has 0 amide bonds. The second-order valence-corrected chi connectivity index (χ2v) is 5.50. The van der Waals surface area contributed by atoms with E-state index in [9.17, 15) is 0 Å². The van der Waals surface area contributed by atoms with Crippen molar-refractivity contribution in [3.63, 3.8) is 0 Å². The van der Waals surface area contributed by atoms with Crippen molar-refractivity contribution in [1.29, 1.82) is 0 Å². The Morgan fingerprint density at radius 2 is 2.17 bits per heavy atom. The van der Waals surface area contributed by atoms with Crippen molar-refractivity contribution < 1.29 is 4.42 Å². The molecule has 0 aliphatic rings. The Morgan fingerprint density at radius 3 is 2.83 bits per heavy atom. The van der Waals surface area contributed by atoms with Gasteiger partial charge in [0.05, 0.1) is 6.26 Å². The summed E-state index contributed by atoms with van der Waals surface area (Å²) in [4.78, 5) is 0. The second-order valence-electron chi connectivity index (χ2n) is 4.65. The minimum absolute atomic E-state index is 0.411. The van der Waals surface area contributed by atoms with Gasteiger partial charge in [-0.1, -0.05) is 6.07 Å². The van der Waals surface area contributed by atoms with Crippen LogP contribution in [0.25, 0.3) is 0 Å². The molecule has 0 saturated heterocycles. The van der Waals surface area contributed by atoms with Crippen LogP contribution in [0.2, 0.25) is 0 Å². The van der Waals surface area contributed by atoms with Gasteiger partial charge in [0.1, 0.15) is 5.76 Å². The van der Waals surface area contributed by atoms with Crippen molar-refractivity contribution in [3.8, 4) is 0 Å². The van der Waals surface area contributed by atoms with Crippen molar-refractivity contribution in [3.05, 3.63) is 52.4 Å². The summed E-state index contributed by atoms with van der Waals surface area (Å²) in [6.07, 6.45) is 3.74. The first-order valence-corrected chi connectivity index (χ1v) is 6.99. The van der Waals surface area contributed by atoms with Gasteiger partial charge in [-0.05, 0) is 66.0 Å². The maximum Gasteiger partial charge on any atom is 0.103 e. The molecule has 1 N–H and O–H groups in total. The quantitative estimate of drug-likeness (QED) is 0.859. The summed E-state index contributed by atoms with van der Waals surface area (Å²) in [5, 5.41) is 3.51. The maximum absolute atomic E-state index is 5.34. The molecule has 0 aliphatic carbocycles. The van der Waals surface area contributed by atoms with Crippen molar-refractivity contribution in [2.45, 2.75) is 32.7 Å². The predicted molar refractivity (Wildman–Crippen MR) is 79.0 cm³/mol. The van der Waals surface area contributed by atoms with Gasteiger partial charge in [0, 0.05) is 22.6 Å². The standard InChI is InChI=1S/C15H18BrNO/c1-11-5-8-15(14(16)10-11)17-12(2)6-7-13-4-3-9-18-13/h3-5,8-10,12,17H,6-7H2,1-2H3. The number of furan rings is 1. The maximum atomic E-state index is 5.34. The average molecular weight is 308 g/mol. The summed E-state index contributed by atoms with van der Waals surface area (Å²) in [6.45, 7) is 4.28. The normalized spacial score (nSPS) is 12.4. The monoisotopic (exact) mass is 307 g/mol. The van der Waals surface area contributed by atoms with Gasteiger partial charge in [0.2, 0.25) is 0 Å². The molecule has 0 fully saturated rings. The number of hydrogen-bond donors (Lipinski definition) is 1. The first-order valence-electron chi connectivity index (χ1n) is 6.20. The van der Waals surface area contributed by atoms with Crippen molar-refractivity contribution in [2.75, 3.05) is 5.32 Å². The highest BCUT2D eigenvalue weighted by molar-refractivity contribution is 9.10. The molecule has 0 aliphatic heterocycles. The van der Waals surface area contributed by atoms with Crippen LogP contribution in [0, 0.1) is 6.92 Å². The van der Waals surface area contributed by atoms with Gasteiger partial charge in [-0.3, -0.25) is 0 Å². The topological polar surface area (TPSA) is 25.2 Å². The van der Waals surface area contributed by atoms with Crippen LogP contribution in [-0.4, -0.2) is 6.04 Å². The lowest BCUT2D eigenvalue weighted by atomic mass is 10.1. The molecule has 2 nitrogen and oxygen atoms in total. The highest BCUT2D eigenvalue weighted by Gasteiger charge is 2.06. The average Bonchev–Trinajstić information content (AvgIpc) is 2.83. The Hall–Kier alpha value is -1.22. The van der Waals surface area contributed by atoms with Crippen LogP contribution < -0.4 is 5.32 Å². The molecule has 3 heteroatoms. The molecular formula is C15H18BrNO. The number of aryl methyl sites for hydroxylation is 2.